The first-order valence-corrected chi connectivity index (χ1v) is 4.14. The van der Waals surface area contributed by atoms with Gasteiger partial charge in [0.05, 0.1) is 0 Å². The van der Waals surface area contributed by atoms with Gasteiger partial charge >= 0.3 is 59.1 Å². The van der Waals surface area contributed by atoms with Crippen LogP contribution in [0.2, 0.25) is 0 Å². The molecular weight excluding hydrogens is 253 g/mol. The van der Waals surface area contributed by atoms with Crippen molar-refractivity contribution in [1.82, 2.24) is 0 Å². The Bertz CT molecular complexity index is 25.9. The van der Waals surface area contributed by atoms with Crippen LogP contribution in [0.5, 0.6) is 0 Å². The molecule has 0 unspecified atom stereocenters. The van der Waals surface area contributed by atoms with E-state index in [1.165, 1.54) is 0 Å². The Morgan fingerprint density at radius 2 is 0.750 bits per heavy atom. The van der Waals surface area contributed by atoms with Crippen LogP contribution in [0.3, 0.4) is 0 Å². The first-order valence-electron chi connectivity index (χ1n) is 0.617. The van der Waals surface area contributed by atoms with E-state index in [9.17, 15) is 0 Å². The van der Waals surface area contributed by atoms with Crippen molar-refractivity contribution in [2.24, 2.45) is 0 Å². The van der Waals surface area contributed by atoms with Gasteiger partial charge in [0, 0.05) is 0 Å². The summed E-state index contributed by atoms with van der Waals surface area (Å²) in [5, 5.41) is 0. The van der Waals surface area contributed by atoms with Crippen molar-refractivity contribution in [1.29, 1.82) is 0 Å². The molecule has 0 spiro atoms. The molecular formula is HINa2O5. The molecule has 0 rings (SSSR count). The molecule has 0 aliphatic rings. The van der Waals surface area contributed by atoms with Crippen molar-refractivity contribution in [2.75, 3.05) is 0 Å². The van der Waals surface area contributed by atoms with Crippen LogP contribution in [0, 0.1) is 0 Å². The molecule has 0 bridgehead atoms. The zero-order chi connectivity index (χ0) is 4.50. The monoisotopic (exact) mass is 254 g/mol. The molecule has 5 nitrogen and oxygen atoms in total. The van der Waals surface area contributed by atoms with Crippen molar-refractivity contribution in [3.63, 3.8) is 0 Å². The molecule has 0 aliphatic heterocycles. The Kier molecular flexibility index (Phi) is 26.7. The SMILES string of the molecule is [Na+].[Na+].[O-][I+3]([O-])([O-])[O-].[OH-]. The first-order chi connectivity index (χ1) is 2.00. The van der Waals surface area contributed by atoms with Gasteiger partial charge in [-0.05, 0) is 0 Å². The molecule has 0 aliphatic carbocycles. The summed E-state index contributed by atoms with van der Waals surface area (Å²) in [5.41, 5.74) is 0. The van der Waals surface area contributed by atoms with Gasteiger partial charge in [0.1, 0.15) is 20.1 Å². The summed E-state index contributed by atoms with van der Waals surface area (Å²) < 4.78 is 34.5. The maximum absolute atomic E-state index is 8.62. The van der Waals surface area contributed by atoms with Crippen molar-refractivity contribution >= 4 is 0 Å². The maximum Gasteiger partial charge on any atom is 1.00 e. The third-order valence-electron chi connectivity index (χ3n) is 0. The van der Waals surface area contributed by atoms with Crippen molar-refractivity contribution in [3.8, 4) is 0 Å². The Balaban J connectivity index is -0.0000000267. The van der Waals surface area contributed by atoms with Crippen molar-refractivity contribution in [2.45, 2.75) is 0 Å². The fraction of sp³-hybridized carbons (Fsp3) is 0. The Labute approximate surface area is 96.7 Å². The van der Waals surface area contributed by atoms with E-state index in [4.69, 9.17) is 13.7 Å². The van der Waals surface area contributed by atoms with Crippen molar-refractivity contribution < 1.29 is 98.4 Å². The number of rotatable bonds is 0. The summed E-state index contributed by atoms with van der Waals surface area (Å²) >= 11 is -5.94. The minimum absolute atomic E-state index is 0. The molecule has 0 saturated carbocycles. The van der Waals surface area contributed by atoms with Gasteiger partial charge in [-0.3, -0.25) is 13.7 Å². The van der Waals surface area contributed by atoms with E-state index in [2.05, 4.69) is 0 Å². The molecule has 0 aromatic carbocycles. The minimum Gasteiger partial charge on any atom is -0.870 e. The second-order valence-electron chi connectivity index (χ2n) is 0.378. The van der Waals surface area contributed by atoms with Gasteiger partial charge in [-0.25, -0.2) is 0 Å². The molecule has 1 N–H and O–H groups in total. The smallest absolute Gasteiger partial charge is 0.870 e. The average Bonchev–Trinajstić information content (AvgIpc) is 0.722. The van der Waals surface area contributed by atoms with E-state index in [1.54, 1.807) is 0 Å². The van der Waals surface area contributed by atoms with E-state index >= 15 is 0 Å². The van der Waals surface area contributed by atoms with Gasteiger partial charge < -0.3 is 5.48 Å². The predicted octanol–water partition coefficient (Wildman–Crippen LogP) is -13.9. The van der Waals surface area contributed by atoms with Gasteiger partial charge in [0.15, 0.2) is 0 Å². The molecule has 8 heteroatoms. The number of hydrogen-bond donors (Lipinski definition) is 0. The molecule has 40 valence electrons. The van der Waals surface area contributed by atoms with E-state index in [1.807, 2.05) is 0 Å². The molecule has 0 radical (unpaired) electrons. The molecule has 0 aromatic heterocycles. The van der Waals surface area contributed by atoms with Gasteiger partial charge in [0.25, 0.3) is 0 Å². The van der Waals surface area contributed by atoms with E-state index < -0.39 is 20.1 Å². The zero-order valence-corrected chi connectivity index (χ0v) is 10.6. The summed E-state index contributed by atoms with van der Waals surface area (Å²) in [7, 11) is 0. The topological polar surface area (TPSA) is 122 Å². The molecule has 0 amide bonds. The second kappa shape index (κ2) is 9.53. The summed E-state index contributed by atoms with van der Waals surface area (Å²) in [6.45, 7) is 0. The van der Waals surface area contributed by atoms with Crippen LogP contribution < -0.4 is 93.0 Å². The standard InChI is InChI=1S/IO4.2Na.H2O/c2-1(3,4)5;;;/h;;;1H2/q-1;2*+1;/p-1. The second-order valence-corrected chi connectivity index (χ2v) is 2.54. The summed E-state index contributed by atoms with van der Waals surface area (Å²) in [6.07, 6.45) is 0. The zero-order valence-electron chi connectivity index (χ0n) is 4.46. The molecule has 0 atom stereocenters. The molecule has 0 saturated heterocycles. The van der Waals surface area contributed by atoms with Crippen molar-refractivity contribution in [3.05, 3.63) is 0 Å². The van der Waals surface area contributed by atoms with Gasteiger partial charge in [0.2, 0.25) is 0 Å². The van der Waals surface area contributed by atoms with Gasteiger partial charge in [-0.15, -0.1) is 0 Å². The third-order valence-corrected chi connectivity index (χ3v) is 0. The largest absolute Gasteiger partial charge is 1.00 e. The summed E-state index contributed by atoms with van der Waals surface area (Å²) in [6, 6.07) is 0. The van der Waals surface area contributed by atoms with Crippen LogP contribution in [0.25, 0.3) is 0 Å². The van der Waals surface area contributed by atoms with E-state index in [0.717, 1.165) is 0 Å². The third kappa shape index (κ3) is 75.6. The molecule has 8 heavy (non-hydrogen) atoms. The molecule has 0 fully saturated rings. The fourth-order valence-electron chi connectivity index (χ4n) is 0. The van der Waals surface area contributed by atoms with Crippen LogP contribution in [-0.4, -0.2) is 5.48 Å². The van der Waals surface area contributed by atoms with E-state index in [-0.39, 0.29) is 64.6 Å². The van der Waals surface area contributed by atoms with E-state index in [0.29, 0.717) is 0 Å². The molecule has 0 heterocycles. The minimum atomic E-state index is -5.94. The van der Waals surface area contributed by atoms with Crippen LogP contribution in [0.1, 0.15) is 0 Å². The Morgan fingerprint density at radius 3 is 0.750 bits per heavy atom. The summed E-state index contributed by atoms with van der Waals surface area (Å²) in [5.74, 6) is 0. The average molecular weight is 254 g/mol. The number of halogens is 1. The molecule has 0 aromatic rings. The summed E-state index contributed by atoms with van der Waals surface area (Å²) in [4.78, 5) is 0. The quantitative estimate of drug-likeness (QED) is 0.313. The van der Waals surface area contributed by atoms with Crippen LogP contribution >= 0.6 is 0 Å². The van der Waals surface area contributed by atoms with Gasteiger partial charge in [-0.1, -0.05) is 0 Å². The first kappa shape index (κ1) is 22.4. The van der Waals surface area contributed by atoms with Gasteiger partial charge in [-0.2, -0.15) is 0 Å². The number of hydrogen-bond acceptors (Lipinski definition) is 5. The predicted molar refractivity (Wildman–Crippen MR) is 1.94 cm³/mol. The Morgan fingerprint density at radius 1 is 0.750 bits per heavy atom. The van der Waals surface area contributed by atoms with Crippen LogP contribution in [-0.2, 0) is 0 Å². The fourth-order valence-corrected chi connectivity index (χ4v) is 0. The Hall–Kier alpha value is 2.53. The normalized spacial score (nSPS) is 7.50. The van der Waals surface area contributed by atoms with Crippen LogP contribution in [0.4, 0.5) is 0 Å². The van der Waals surface area contributed by atoms with Crippen LogP contribution in [0.15, 0.2) is 0 Å². The maximum atomic E-state index is 8.62.